The van der Waals surface area contributed by atoms with Crippen LogP contribution in [0, 0.1) is 6.92 Å². The van der Waals surface area contributed by atoms with Crippen LogP contribution in [0.2, 0.25) is 0 Å². The minimum Gasteiger partial charge on any atom is -0.463 e. The van der Waals surface area contributed by atoms with Crippen molar-refractivity contribution in [2.24, 2.45) is 0 Å². The van der Waals surface area contributed by atoms with Gasteiger partial charge >= 0.3 is 0 Å². The number of rotatable bonds is 4. The highest BCUT2D eigenvalue weighted by Crippen LogP contribution is 2.34. The van der Waals surface area contributed by atoms with Gasteiger partial charge in [-0.3, -0.25) is 4.98 Å². The van der Waals surface area contributed by atoms with E-state index in [0.29, 0.717) is 0 Å². The highest BCUT2D eigenvalue weighted by molar-refractivity contribution is 5.81. The molecule has 0 amide bonds. The maximum Gasteiger partial charge on any atom is 0.152 e. The van der Waals surface area contributed by atoms with Crippen LogP contribution in [0.4, 0.5) is 0 Å². The lowest BCUT2D eigenvalue weighted by Gasteiger charge is -2.28. The van der Waals surface area contributed by atoms with E-state index in [1.807, 2.05) is 12.3 Å². The Bertz CT molecular complexity index is 796. The molecule has 3 rings (SSSR count). The molecule has 0 fully saturated rings. The highest BCUT2D eigenvalue weighted by atomic mass is 16.3. The summed E-state index contributed by atoms with van der Waals surface area (Å²) in [5, 5.41) is 1.10. The second kappa shape index (κ2) is 5.60. The molecule has 2 nitrogen and oxygen atoms in total. The van der Waals surface area contributed by atoms with E-state index in [1.165, 1.54) is 16.7 Å². The van der Waals surface area contributed by atoms with Crippen LogP contribution in [0.25, 0.3) is 22.2 Å². The van der Waals surface area contributed by atoms with E-state index < -0.39 is 0 Å². The van der Waals surface area contributed by atoms with Crippen molar-refractivity contribution in [2.75, 3.05) is 0 Å². The van der Waals surface area contributed by atoms with Gasteiger partial charge in [-0.25, -0.2) is 0 Å². The maximum absolute atomic E-state index is 5.38. The molecule has 22 heavy (non-hydrogen) atoms. The molecule has 1 aromatic carbocycles. The van der Waals surface area contributed by atoms with Crippen molar-refractivity contribution >= 4 is 11.0 Å². The summed E-state index contributed by atoms with van der Waals surface area (Å²) < 4.78 is 5.38. The minimum atomic E-state index is 0.223. The molecular formula is C20H23NO. The maximum atomic E-state index is 5.38. The number of pyridine rings is 1. The smallest absolute Gasteiger partial charge is 0.152 e. The van der Waals surface area contributed by atoms with Crippen molar-refractivity contribution < 1.29 is 4.42 Å². The van der Waals surface area contributed by atoms with E-state index in [2.05, 4.69) is 56.9 Å². The van der Waals surface area contributed by atoms with Crippen LogP contribution in [0.3, 0.4) is 0 Å². The van der Waals surface area contributed by atoms with Gasteiger partial charge in [-0.05, 0) is 55.0 Å². The second-order valence-corrected chi connectivity index (χ2v) is 6.38. The molecule has 0 bridgehead atoms. The van der Waals surface area contributed by atoms with Crippen molar-refractivity contribution in [1.82, 2.24) is 4.98 Å². The number of hydrogen-bond acceptors (Lipinski definition) is 2. The summed E-state index contributed by atoms with van der Waals surface area (Å²) in [4.78, 5) is 4.57. The van der Waals surface area contributed by atoms with E-state index in [-0.39, 0.29) is 5.41 Å². The predicted molar refractivity (Wildman–Crippen MR) is 92.1 cm³/mol. The molecule has 114 valence electrons. The summed E-state index contributed by atoms with van der Waals surface area (Å²) in [5.74, 6) is 0. The van der Waals surface area contributed by atoms with Crippen LogP contribution < -0.4 is 0 Å². The van der Waals surface area contributed by atoms with Gasteiger partial charge in [0.1, 0.15) is 0 Å². The standard InChI is InChI=1S/C20H23NO/c1-5-20(4,6-2)17-10-14(3)9-16(11-17)18-12-15-7-8-22-19(15)13-21-18/h7-13H,5-6H2,1-4H3. The molecule has 0 unspecified atom stereocenters. The van der Waals surface area contributed by atoms with Gasteiger partial charge < -0.3 is 4.42 Å². The largest absolute Gasteiger partial charge is 0.463 e. The average Bonchev–Trinajstić information content (AvgIpc) is 3.01. The van der Waals surface area contributed by atoms with Gasteiger partial charge in [0, 0.05) is 10.9 Å². The fourth-order valence-corrected chi connectivity index (χ4v) is 2.96. The third kappa shape index (κ3) is 2.54. The van der Waals surface area contributed by atoms with E-state index in [0.717, 1.165) is 29.5 Å². The Kier molecular flexibility index (Phi) is 3.78. The zero-order valence-electron chi connectivity index (χ0n) is 13.8. The second-order valence-electron chi connectivity index (χ2n) is 6.38. The fourth-order valence-electron chi connectivity index (χ4n) is 2.96. The van der Waals surface area contributed by atoms with E-state index in [9.17, 15) is 0 Å². The molecule has 0 saturated carbocycles. The highest BCUT2D eigenvalue weighted by Gasteiger charge is 2.23. The number of benzene rings is 1. The summed E-state index contributed by atoms with van der Waals surface area (Å²) in [5.41, 5.74) is 5.94. The third-order valence-corrected chi connectivity index (χ3v) is 4.97. The average molecular weight is 293 g/mol. The lowest BCUT2D eigenvalue weighted by molar-refractivity contribution is 0.439. The Morgan fingerprint density at radius 3 is 2.59 bits per heavy atom. The molecule has 0 atom stereocenters. The van der Waals surface area contributed by atoms with E-state index in [1.54, 1.807) is 6.26 Å². The predicted octanol–water partition coefficient (Wildman–Crippen LogP) is 5.88. The summed E-state index contributed by atoms with van der Waals surface area (Å²) in [6, 6.07) is 10.9. The minimum absolute atomic E-state index is 0.223. The number of furan rings is 1. The van der Waals surface area contributed by atoms with E-state index in [4.69, 9.17) is 4.42 Å². The number of nitrogens with zero attached hydrogens (tertiary/aromatic N) is 1. The molecule has 2 heteroatoms. The van der Waals surface area contributed by atoms with E-state index >= 15 is 0 Å². The number of aryl methyl sites for hydroxylation is 1. The van der Waals surface area contributed by atoms with Crippen molar-refractivity contribution in [1.29, 1.82) is 0 Å². The first-order chi connectivity index (χ1) is 10.6. The molecule has 0 aliphatic carbocycles. The van der Waals surface area contributed by atoms with Gasteiger partial charge in [0.25, 0.3) is 0 Å². The molecule has 0 spiro atoms. The monoisotopic (exact) mass is 293 g/mol. The normalized spacial score (nSPS) is 12.0. The topological polar surface area (TPSA) is 26.0 Å². The van der Waals surface area contributed by atoms with Crippen LogP contribution in [0.15, 0.2) is 47.2 Å². The quantitative estimate of drug-likeness (QED) is 0.600. The molecule has 2 heterocycles. The van der Waals surface area contributed by atoms with Crippen molar-refractivity contribution in [3.05, 3.63) is 53.9 Å². The number of hydrogen-bond donors (Lipinski definition) is 0. The fraction of sp³-hybridized carbons (Fsp3) is 0.350. The molecular weight excluding hydrogens is 270 g/mol. The Morgan fingerprint density at radius 2 is 1.86 bits per heavy atom. The Labute approximate surface area is 132 Å². The Balaban J connectivity index is 2.12. The molecule has 0 N–H and O–H groups in total. The third-order valence-electron chi connectivity index (χ3n) is 4.97. The van der Waals surface area contributed by atoms with Crippen LogP contribution in [-0.4, -0.2) is 4.98 Å². The van der Waals surface area contributed by atoms with Gasteiger partial charge in [-0.2, -0.15) is 0 Å². The summed E-state index contributed by atoms with van der Waals surface area (Å²) in [6.45, 7) is 9.04. The number of fused-ring (bicyclic) bond motifs is 1. The summed E-state index contributed by atoms with van der Waals surface area (Å²) >= 11 is 0. The first-order valence-corrected chi connectivity index (χ1v) is 8.01. The molecule has 3 aromatic rings. The Hall–Kier alpha value is -2.09. The van der Waals surface area contributed by atoms with Crippen molar-refractivity contribution in [3.63, 3.8) is 0 Å². The molecule has 0 radical (unpaired) electrons. The molecule has 0 saturated heterocycles. The van der Waals surface area contributed by atoms with Crippen LogP contribution >= 0.6 is 0 Å². The lowest BCUT2D eigenvalue weighted by atomic mass is 9.77. The molecule has 0 aliphatic rings. The zero-order chi connectivity index (χ0) is 15.7. The van der Waals surface area contributed by atoms with Gasteiger partial charge in [-0.15, -0.1) is 0 Å². The van der Waals surface area contributed by atoms with Crippen LogP contribution in [-0.2, 0) is 5.41 Å². The first kappa shape index (κ1) is 14.8. The van der Waals surface area contributed by atoms with Crippen LogP contribution in [0.1, 0.15) is 44.7 Å². The SMILES string of the molecule is CCC(C)(CC)c1cc(C)cc(-c2cc3ccoc3cn2)c1. The van der Waals surface area contributed by atoms with Gasteiger partial charge in [0.2, 0.25) is 0 Å². The molecule has 2 aromatic heterocycles. The zero-order valence-corrected chi connectivity index (χ0v) is 13.8. The Morgan fingerprint density at radius 1 is 1.09 bits per heavy atom. The summed E-state index contributed by atoms with van der Waals surface area (Å²) in [6.07, 6.45) is 5.80. The van der Waals surface area contributed by atoms with Gasteiger partial charge in [0.15, 0.2) is 5.58 Å². The van der Waals surface area contributed by atoms with Crippen molar-refractivity contribution in [3.8, 4) is 11.3 Å². The lowest BCUT2D eigenvalue weighted by Crippen LogP contribution is -2.19. The summed E-state index contributed by atoms with van der Waals surface area (Å²) in [7, 11) is 0. The first-order valence-electron chi connectivity index (χ1n) is 8.01. The van der Waals surface area contributed by atoms with Crippen molar-refractivity contribution in [2.45, 2.75) is 46.0 Å². The number of aromatic nitrogens is 1. The van der Waals surface area contributed by atoms with Gasteiger partial charge in [-0.1, -0.05) is 32.4 Å². The van der Waals surface area contributed by atoms with Gasteiger partial charge in [0.05, 0.1) is 18.2 Å². The van der Waals surface area contributed by atoms with Crippen LogP contribution in [0.5, 0.6) is 0 Å². The molecule has 0 aliphatic heterocycles.